The Morgan fingerprint density at radius 2 is 1.81 bits per heavy atom. The van der Waals surface area contributed by atoms with Crippen LogP contribution in [0.25, 0.3) is 21.4 Å². The molecule has 0 radical (unpaired) electrons. The summed E-state index contributed by atoms with van der Waals surface area (Å²) in [5.74, 6) is 1.72. The van der Waals surface area contributed by atoms with Crippen LogP contribution in [0.3, 0.4) is 0 Å². The van der Waals surface area contributed by atoms with Crippen LogP contribution in [0.2, 0.25) is 5.02 Å². The van der Waals surface area contributed by atoms with E-state index in [1.165, 1.54) is 0 Å². The number of ether oxygens (including phenoxy) is 2. The number of aryl methyl sites for hydroxylation is 2. The molecule has 9 heteroatoms. The highest BCUT2D eigenvalue weighted by atomic mass is 35.7. The molecule has 0 fully saturated rings. The van der Waals surface area contributed by atoms with Gasteiger partial charge in [-0.3, -0.25) is 0 Å². The van der Waals surface area contributed by atoms with Crippen molar-refractivity contribution in [2.45, 2.75) is 13.8 Å². The van der Waals surface area contributed by atoms with Crippen molar-refractivity contribution in [3.63, 3.8) is 0 Å². The predicted molar refractivity (Wildman–Crippen MR) is 136 cm³/mol. The van der Waals surface area contributed by atoms with E-state index in [9.17, 15) is 0 Å². The van der Waals surface area contributed by atoms with E-state index in [2.05, 4.69) is 15.6 Å². The van der Waals surface area contributed by atoms with Gasteiger partial charge in [-0.1, -0.05) is 35.0 Å². The maximum atomic E-state index is 6.93. The molecule has 4 rings (SSSR count). The lowest BCUT2D eigenvalue weighted by Gasteiger charge is -2.14. The van der Waals surface area contributed by atoms with Crippen LogP contribution in [0.15, 0.2) is 36.5 Å². The number of nitrogens with one attached hydrogen (secondary N) is 2. The largest absolute Gasteiger partial charge is 0.496 e. The van der Waals surface area contributed by atoms with Gasteiger partial charge in [0.05, 0.1) is 41.4 Å². The van der Waals surface area contributed by atoms with E-state index in [-0.39, 0.29) is 0 Å². The first kappa shape index (κ1) is 22.5. The molecule has 1 atom stereocenters. The molecule has 4 aromatic rings. The molecule has 2 aromatic heterocycles. The van der Waals surface area contributed by atoms with Crippen molar-refractivity contribution in [3.05, 3.63) is 52.8 Å². The van der Waals surface area contributed by atoms with Crippen LogP contribution in [-0.4, -0.2) is 31.2 Å². The third kappa shape index (κ3) is 3.83. The van der Waals surface area contributed by atoms with Gasteiger partial charge in [0, 0.05) is 35.6 Å². The lowest BCUT2D eigenvalue weighted by atomic mass is 10.1. The molecule has 0 spiro atoms. The Hall–Kier alpha value is -2.66. The Balaban J connectivity index is 1.79. The van der Waals surface area contributed by atoms with Gasteiger partial charge in [0.15, 0.2) is 0 Å². The number of fused-ring (bicyclic) bond motifs is 1. The summed E-state index contributed by atoms with van der Waals surface area (Å²) >= 11 is 13.5. The molecule has 0 saturated heterocycles. The van der Waals surface area contributed by atoms with E-state index in [4.69, 9.17) is 37.3 Å². The third-order valence-electron chi connectivity index (χ3n) is 5.37. The fourth-order valence-electron chi connectivity index (χ4n) is 3.69. The Bertz CT molecular complexity index is 1320. The summed E-state index contributed by atoms with van der Waals surface area (Å²) in [5.41, 5.74) is 4.71. The first-order valence-corrected chi connectivity index (χ1v) is 12.5. The van der Waals surface area contributed by atoms with Crippen molar-refractivity contribution in [2.24, 2.45) is 0 Å². The van der Waals surface area contributed by atoms with Crippen LogP contribution in [-0.2, 0) is 0 Å². The van der Waals surface area contributed by atoms with Crippen LogP contribution in [0.1, 0.15) is 11.3 Å². The van der Waals surface area contributed by atoms with Crippen molar-refractivity contribution in [3.8, 4) is 22.4 Å². The summed E-state index contributed by atoms with van der Waals surface area (Å²) in [5, 5.41) is 9.67. The summed E-state index contributed by atoms with van der Waals surface area (Å²) in [6.07, 6.45) is 1.80. The van der Waals surface area contributed by atoms with Gasteiger partial charge in [-0.15, -0.1) is 0 Å². The van der Waals surface area contributed by atoms with Gasteiger partial charge in [-0.05, 0) is 38.4 Å². The number of nitrogens with zero attached hydrogens (tertiary/aromatic N) is 2. The summed E-state index contributed by atoms with van der Waals surface area (Å²) in [6, 6.07) is 9.80. The van der Waals surface area contributed by atoms with E-state index in [0.29, 0.717) is 22.5 Å². The number of anilines is 3. The lowest BCUT2D eigenvalue weighted by molar-refractivity contribution is 0.398. The molecule has 166 valence electrons. The Morgan fingerprint density at radius 1 is 1.06 bits per heavy atom. The van der Waals surface area contributed by atoms with Gasteiger partial charge < -0.3 is 20.1 Å². The van der Waals surface area contributed by atoms with Gasteiger partial charge in [0.2, 0.25) is 5.95 Å². The minimum atomic E-state index is -1.21. The molecule has 2 heterocycles. The molecular weight excluding hydrogens is 466 g/mol. The Morgan fingerprint density at radius 3 is 2.47 bits per heavy atom. The molecule has 0 aliphatic carbocycles. The summed E-state index contributed by atoms with van der Waals surface area (Å²) < 4.78 is 11.0. The number of hydrogen-bond acceptors (Lipinski definition) is 6. The monoisotopic (exact) mass is 488 g/mol. The number of rotatable bonds is 6. The first-order chi connectivity index (χ1) is 15.4. The fraction of sp³-hybridized carbons (Fsp3) is 0.217. The van der Waals surface area contributed by atoms with E-state index in [1.54, 1.807) is 26.5 Å². The highest BCUT2D eigenvalue weighted by molar-refractivity contribution is 7.84. The molecule has 1 unspecified atom stereocenters. The fourth-order valence-corrected chi connectivity index (χ4v) is 6.63. The standard InChI is InChI=1S/C23H23Cl2N4O2P/c1-12-7-6-8-16(26-3)21(12)29-23-27-11-15(13(2)28-23)19-9-14-20(24)17(30-4)10-18(31-5)22(14)32(19)25/h6-11,26H,1-5H3,(H,27,28,29). The molecule has 2 aromatic carbocycles. The maximum absolute atomic E-state index is 6.93. The van der Waals surface area contributed by atoms with Crippen molar-refractivity contribution in [1.29, 1.82) is 0 Å². The zero-order valence-corrected chi connectivity index (χ0v) is 20.8. The molecule has 32 heavy (non-hydrogen) atoms. The van der Waals surface area contributed by atoms with Crippen LogP contribution in [0, 0.1) is 13.8 Å². The number of methoxy groups -OCH3 is 2. The molecule has 0 saturated carbocycles. The van der Waals surface area contributed by atoms with Gasteiger partial charge in [0.25, 0.3) is 0 Å². The highest BCUT2D eigenvalue weighted by Gasteiger charge is 2.21. The Labute approximate surface area is 197 Å². The average molecular weight is 489 g/mol. The summed E-state index contributed by atoms with van der Waals surface area (Å²) in [7, 11) is 5.07. The molecule has 0 aliphatic rings. The van der Waals surface area contributed by atoms with Gasteiger partial charge in [-0.25, -0.2) is 9.97 Å². The minimum Gasteiger partial charge on any atom is -0.496 e. The van der Waals surface area contributed by atoms with Gasteiger partial charge in [0.1, 0.15) is 11.5 Å². The van der Waals surface area contributed by atoms with Crippen LogP contribution in [0.5, 0.6) is 11.5 Å². The lowest BCUT2D eigenvalue weighted by Crippen LogP contribution is -2.03. The maximum Gasteiger partial charge on any atom is 0.227 e. The van der Waals surface area contributed by atoms with E-state index >= 15 is 0 Å². The topological polar surface area (TPSA) is 68.3 Å². The number of para-hydroxylation sites is 1. The SMILES string of the molecule is CNc1cccc(C)c1Nc1ncc(-c2cc3c(Cl)c(OC)cc(OC)c3p2Cl)c(C)n1. The zero-order valence-electron chi connectivity index (χ0n) is 18.4. The molecule has 6 nitrogen and oxygen atoms in total. The normalized spacial score (nSPS) is 11.5. The molecule has 0 bridgehead atoms. The molecule has 0 amide bonds. The smallest absolute Gasteiger partial charge is 0.227 e. The first-order valence-electron chi connectivity index (χ1n) is 9.90. The highest BCUT2D eigenvalue weighted by Crippen LogP contribution is 2.58. The molecule has 0 aliphatic heterocycles. The van der Waals surface area contributed by atoms with Crippen LogP contribution in [0.4, 0.5) is 17.3 Å². The summed E-state index contributed by atoms with van der Waals surface area (Å²) in [4.78, 5) is 9.26. The van der Waals surface area contributed by atoms with Crippen molar-refractivity contribution >= 4 is 57.6 Å². The van der Waals surface area contributed by atoms with Crippen molar-refractivity contribution in [2.75, 3.05) is 31.9 Å². The minimum absolute atomic E-state index is 0.516. The van der Waals surface area contributed by atoms with Crippen molar-refractivity contribution < 1.29 is 9.47 Å². The third-order valence-corrected chi connectivity index (χ3v) is 8.46. The number of halogens is 2. The van der Waals surface area contributed by atoms with Crippen molar-refractivity contribution in [1.82, 2.24) is 9.97 Å². The zero-order chi connectivity index (χ0) is 23.0. The second kappa shape index (κ2) is 9.07. The van der Waals surface area contributed by atoms with E-state index < -0.39 is 6.89 Å². The van der Waals surface area contributed by atoms with Gasteiger partial charge >= 0.3 is 0 Å². The van der Waals surface area contributed by atoms with E-state index in [1.807, 2.05) is 45.2 Å². The van der Waals surface area contributed by atoms with Crippen LogP contribution < -0.4 is 20.1 Å². The van der Waals surface area contributed by atoms with Gasteiger partial charge in [-0.2, -0.15) is 0 Å². The van der Waals surface area contributed by atoms with E-state index in [0.717, 1.165) is 44.0 Å². The molecular formula is C23H23Cl2N4O2P. The number of aromatic nitrogens is 2. The average Bonchev–Trinajstić information content (AvgIpc) is 3.13. The Kier molecular flexibility index (Phi) is 6.38. The molecule has 2 N–H and O–H groups in total. The predicted octanol–water partition coefficient (Wildman–Crippen LogP) is 7.36. The second-order valence-corrected chi connectivity index (χ2v) is 10.1. The number of hydrogen-bond donors (Lipinski definition) is 2. The van der Waals surface area contributed by atoms with Crippen LogP contribution >= 0.6 is 29.7 Å². The second-order valence-electron chi connectivity index (χ2n) is 7.23. The summed E-state index contributed by atoms with van der Waals surface area (Å²) in [6.45, 7) is 2.78. The quantitative estimate of drug-likeness (QED) is 0.295. The number of benzene rings is 2.